The Labute approximate surface area is 97.5 Å². The third-order valence-corrected chi connectivity index (χ3v) is 3.35. The molecule has 0 fully saturated rings. The smallest absolute Gasteiger partial charge is 0.0834 e. The molecule has 2 heterocycles. The molecule has 80 valence electrons. The Morgan fingerprint density at radius 1 is 1.67 bits per heavy atom. The summed E-state index contributed by atoms with van der Waals surface area (Å²) in [6, 6.07) is 1.98. The van der Waals surface area contributed by atoms with E-state index in [1.54, 1.807) is 22.2 Å². The zero-order valence-corrected chi connectivity index (χ0v) is 9.92. The summed E-state index contributed by atoms with van der Waals surface area (Å²) >= 11 is 7.70. The first-order valence-corrected chi connectivity index (χ1v) is 5.94. The Balaban J connectivity index is 2.18. The molecule has 15 heavy (non-hydrogen) atoms. The van der Waals surface area contributed by atoms with Gasteiger partial charge in [0.1, 0.15) is 0 Å². The number of rotatable bonds is 3. The van der Waals surface area contributed by atoms with Crippen molar-refractivity contribution in [3.8, 4) is 0 Å². The molecule has 0 aliphatic carbocycles. The van der Waals surface area contributed by atoms with Gasteiger partial charge in [0.15, 0.2) is 0 Å². The molecule has 2 aromatic heterocycles. The van der Waals surface area contributed by atoms with E-state index < -0.39 is 0 Å². The first-order chi connectivity index (χ1) is 7.18. The van der Waals surface area contributed by atoms with Crippen LogP contribution >= 0.6 is 22.9 Å². The summed E-state index contributed by atoms with van der Waals surface area (Å²) in [6.45, 7) is 0. The summed E-state index contributed by atoms with van der Waals surface area (Å²) in [4.78, 5) is 0. The van der Waals surface area contributed by atoms with Gasteiger partial charge >= 0.3 is 0 Å². The molecule has 2 rings (SSSR count). The number of aryl methyl sites for hydroxylation is 1. The maximum Gasteiger partial charge on any atom is 0.0834 e. The maximum absolute atomic E-state index is 6.09. The predicted octanol–water partition coefficient (Wildman–Crippen LogP) is 2.38. The van der Waals surface area contributed by atoms with E-state index in [4.69, 9.17) is 17.3 Å². The van der Waals surface area contributed by atoms with Crippen molar-refractivity contribution in [1.29, 1.82) is 0 Å². The lowest BCUT2D eigenvalue weighted by Gasteiger charge is -2.11. The second-order valence-corrected chi connectivity index (χ2v) is 4.63. The van der Waals surface area contributed by atoms with Crippen molar-refractivity contribution in [2.75, 3.05) is 0 Å². The normalized spacial score (nSPS) is 13.0. The van der Waals surface area contributed by atoms with Gasteiger partial charge in [-0.3, -0.25) is 4.68 Å². The van der Waals surface area contributed by atoms with Crippen LogP contribution in [-0.4, -0.2) is 9.78 Å². The molecule has 0 aromatic carbocycles. The molecule has 0 bridgehead atoms. The minimum absolute atomic E-state index is 0.0976. The molecule has 1 unspecified atom stereocenters. The van der Waals surface area contributed by atoms with Gasteiger partial charge in [0.2, 0.25) is 0 Å². The maximum atomic E-state index is 6.09. The lowest BCUT2D eigenvalue weighted by atomic mass is 10.1. The molecule has 0 radical (unpaired) electrons. The van der Waals surface area contributed by atoms with Gasteiger partial charge in [-0.25, -0.2) is 0 Å². The second-order valence-electron chi connectivity index (χ2n) is 3.44. The lowest BCUT2D eigenvalue weighted by Crippen LogP contribution is -2.17. The van der Waals surface area contributed by atoms with Crippen molar-refractivity contribution in [3.05, 3.63) is 39.3 Å². The summed E-state index contributed by atoms with van der Waals surface area (Å²) < 4.78 is 1.74. The van der Waals surface area contributed by atoms with Crippen LogP contribution in [0.25, 0.3) is 0 Å². The fraction of sp³-hybridized carbons (Fsp3) is 0.300. The molecule has 0 spiro atoms. The summed E-state index contributed by atoms with van der Waals surface area (Å²) in [5, 5.41) is 8.86. The molecule has 2 N–H and O–H groups in total. The summed E-state index contributed by atoms with van der Waals surface area (Å²) in [5.41, 5.74) is 8.22. The Hall–Kier alpha value is -0.840. The first kappa shape index (κ1) is 10.7. The first-order valence-electron chi connectivity index (χ1n) is 4.62. The lowest BCUT2D eigenvalue weighted by molar-refractivity contribution is 0.618. The summed E-state index contributed by atoms with van der Waals surface area (Å²) in [5.74, 6) is 0. The van der Waals surface area contributed by atoms with E-state index in [9.17, 15) is 0 Å². The van der Waals surface area contributed by atoms with Crippen LogP contribution in [-0.2, 0) is 13.5 Å². The van der Waals surface area contributed by atoms with E-state index in [-0.39, 0.29) is 6.04 Å². The molecule has 0 saturated heterocycles. The van der Waals surface area contributed by atoms with E-state index in [1.165, 1.54) is 5.56 Å². The number of hydrogen-bond acceptors (Lipinski definition) is 3. The molecule has 3 nitrogen and oxygen atoms in total. The molecule has 0 aliphatic rings. The molecule has 1 atom stereocenters. The highest BCUT2D eigenvalue weighted by Gasteiger charge is 2.15. The van der Waals surface area contributed by atoms with Gasteiger partial charge < -0.3 is 5.73 Å². The molecular formula is C10H12ClN3S. The Kier molecular flexibility index (Phi) is 3.09. The van der Waals surface area contributed by atoms with Gasteiger partial charge in [-0.15, -0.1) is 0 Å². The Morgan fingerprint density at radius 3 is 3.00 bits per heavy atom. The number of thiophene rings is 1. The van der Waals surface area contributed by atoms with Crippen LogP contribution in [0.1, 0.15) is 17.3 Å². The van der Waals surface area contributed by atoms with Crippen LogP contribution in [0.15, 0.2) is 23.0 Å². The topological polar surface area (TPSA) is 43.8 Å². The fourth-order valence-electron chi connectivity index (χ4n) is 1.60. The van der Waals surface area contributed by atoms with E-state index in [1.807, 2.05) is 12.4 Å². The molecule has 5 heteroatoms. The van der Waals surface area contributed by atoms with Crippen molar-refractivity contribution in [2.24, 2.45) is 12.8 Å². The highest BCUT2D eigenvalue weighted by Crippen LogP contribution is 2.23. The van der Waals surface area contributed by atoms with Crippen LogP contribution in [0.5, 0.6) is 0 Å². The summed E-state index contributed by atoms with van der Waals surface area (Å²) in [7, 11) is 1.86. The number of halogens is 1. The van der Waals surface area contributed by atoms with Crippen LogP contribution in [0.4, 0.5) is 0 Å². The minimum Gasteiger partial charge on any atom is -0.322 e. The van der Waals surface area contributed by atoms with Crippen LogP contribution < -0.4 is 5.73 Å². The highest BCUT2D eigenvalue weighted by atomic mass is 35.5. The zero-order valence-electron chi connectivity index (χ0n) is 8.35. The monoisotopic (exact) mass is 241 g/mol. The SMILES string of the molecule is Cn1ncc(Cl)c1C(N)Cc1ccsc1. The zero-order chi connectivity index (χ0) is 10.8. The van der Waals surface area contributed by atoms with Crippen LogP contribution in [0.2, 0.25) is 5.02 Å². The predicted molar refractivity (Wildman–Crippen MR) is 63.2 cm³/mol. The Morgan fingerprint density at radius 2 is 2.47 bits per heavy atom. The molecule has 0 amide bonds. The number of aromatic nitrogens is 2. The number of hydrogen-bond donors (Lipinski definition) is 1. The van der Waals surface area contributed by atoms with Crippen molar-refractivity contribution in [3.63, 3.8) is 0 Å². The third-order valence-electron chi connectivity index (χ3n) is 2.32. The van der Waals surface area contributed by atoms with Crippen molar-refractivity contribution in [2.45, 2.75) is 12.5 Å². The van der Waals surface area contributed by atoms with Gasteiger partial charge in [0.25, 0.3) is 0 Å². The van der Waals surface area contributed by atoms with Gasteiger partial charge in [0.05, 0.1) is 23.0 Å². The molecular weight excluding hydrogens is 230 g/mol. The molecule has 0 saturated carbocycles. The summed E-state index contributed by atoms with van der Waals surface area (Å²) in [6.07, 6.45) is 2.42. The van der Waals surface area contributed by atoms with Crippen LogP contribution in [0, 0.1) is 0 Å². The standard InChI is InChI=1S/C10H12ClN3S/c1-14-10(8(11)5-13-14)9(12)4-7-2-3-15-6-7/h2-3,5-6,9H,4,12H2,1H3. The van der Waals surface area contributed by atoms with Crippen molar-refractivity contribution in [1.82, 2.24) is 9.78 Å². The van der Waals surface area contributed by atoms with E-state index in [0.717, 1.165) is 12.1 Å². The number of nitrogens with zero attached hydrogens (tertiary/aromatic N) is 2. The second kappa shape index (κ2) is 4.35. The van der Waals surface area contributed by atoms with Crippen molar-refractivity contribution >= 4 is 22.9 Å². The third kappa shape index (κ3) is 2.22. The Bertz CT molecular complexity index is 416. The quantitative estimate of drug-likeness (QED) is 0.897. The molecule has 0 aliphatic heterocycles. The van der Waals surface area contributed by atoms with E-state index in [2.05, 4.69) is 16.5 Å². The molecule has 2 aromatic rings. The van der Waals surface area contributed by atoms with Gasteiger partial charge in [-0.05, 0) is 28.8 Å². The van der Waals surface area contributed by atoms with Gasteiger partial charge in [-0.1, -0.05) is 11.6 Å². The number of nitrogens with two attached hydrogens (primary N) is 1. The van der Waals surface area contributed by atoms with Gasteiger partial charge in [-0.2, -0.15) is 16.4 Å². The van der Waals surface area contributed by atoms with Gasteiger partial charge in [0, 0.05) is 7.05 Å². The minimum atomic E-state index is -0.0976. The fourth-order valence-corrected chi connectivity index (χ4v) is 2.58. The highest BCUT2D eigenvalue weighted by molar-refractivity contribution is 7.07. The van der Waals surface area contributed by atoms with E-state index in [0.29, 0.717) is 5.02 Å². The largest absolute Gasteiger partial charge is 0.322 e. The average Bonchev–Trinajstić information content (AvgIpc) is 2.77. The van der Waals surface area contributed by atoms with Crippen LogP contribution in [0.3, 0.4) is 0 Å². The average molecular weight is 242 g/mol. The van der Waals surface area contributed by atoms with Crippen molar-refractivity contribution < 1.29 is 0 Å². The van der Waals surface area contributed by atoms with E-state index >= 15 is 0 Å².